The number of aromatic nitrogens is 2. The van der Waals surface area contributed by atoms with Crippen molar-refractivity contribution in [2.45, 2.75) is 25.2 Å². The predicted octanol–water partition coefficient (Wildman–Crippen LogP) is 3.24. The SMILES string of the molecule is O=C(N1C=COC(C2=CC=CCC2)=C1)N1CCC(c2cn[nH]c2)C1. The molecule has 1 fully saturated rings. The molecule has 1 aromatic heterocycles. The molecule has 2 amide bonds. The van der Waals surface area contributed by atoms with Crippen molar-refractivity contribution in [3.63, 3.8) is 0 Å². The zero-order valence-electron chi connectivity index (χ0n) is 13.4. The molecule has 24 heavy (non-hydrogen) atoms. The van der Waals surface area contributed by atoms with E-state index in [1.54, 1.807) is 23.6 Å². The molecular weight excluding hydrogens is 304 g/mol. The van der Waals surface area contributed by atoms with Crippen molar-refractivity contribution in [2.24, 2.45) is 0 Å². The third-order valence-electron chi connectivity index (χ3n) is 4.67. The van der Waals surface area contributed by atoms with Crippen molar-refractivity contribution in [2.75, 3.05) is 13.1 Å². The Morgan fingerprint density at radius 1 is 1.42 bits per heavy atom. The number of allylic oxidation sites excluding steroid dienone is 4. The largest absolute Gasteiger partial charge is 0.462 e. The highest BCUT2D eigenvalue weighted by atomic mass is 16.5. The van der Waals surface area contributed by atoms with Crippen molar-refractivity contribution < 1.29 is 9.53 Å². The molecule has 0 saturated carbocycles. The maximum absolute atomic E-state index is 12.8. The first-order valence-corrected chi connectivity index (χ1v) is 8.28. The molecule has 1 aliphatic carbocycles. The van der Waals surface area contributed by atoms with Gasteiger partial charge in [0.2, 0.25) is 0 Å². The molecule has 3 aliphatic rings. The van der Waals surface area contributed by atoms with Gasteiger partial charge in [0.15, 0.2) is 0 Å². The number of amides is 2. The summed E-state index contributed by atoms with van der Waals surface area (Å²) in [6.07, 6.45) is 17.9. The number of ether oxygens (including phenoxy) is 1. The first kappa shape index (κ1) is 14.8. The van der Waals surface area contributed by atoms with Crippen LogP contribution in [0.2, 0.25) is 0 Å². The van der Waals surface area contributed by atoms with Crippen LogP contribution in [0.3, 0.4) is 0 Å². The number of hydrogen-bond donors (Lipinski definition) is 1. The van der Waals surface area contributed by atoms with Crippen molar-refractivity contribution in [3.05, 3.63) is 66.2 Å². The molecule has 1 N–H and O–H groups in total. The van der Waals surface area contributed by atoms with Gasteiger partial charge in [0, 0.05) is 31.4 Å². The van der Waals surface area contributed by atoms with Gasteiger partial charge in [-0.3, -0.25) is 10.00 Å². The van der Waals surface area contributed by atoms with E-state index >= 15 is 0 Å². The quantitative estimate of drug-likeness (QED) is 0.908. The molecule has 6 nitrogen and oxygen atoms in total. The number of carbonyl (C=O) groups excluding carboxylic acids is 1. The first-order valence-electron chi connectivity index (χ1n) is 8.28. The Hall–Kier alpha value is -2.76. The second kappa shape index (κ2) is 6.39. The van der Waals surface area contributed by atoms with Crippen molar-refractivity contribution in [1.82, 2.24) is 20.0 Å². The highest BCUT2D eigenvalue weighted by Gasteiger charge is 2.30. The Bertz CT molecular complexity index is 730. The number of likely N-dealkylation sites (tertiary alicyclic amines) is 1. The summed E-state index contributed by atoms with van der Waals surface area (Å²) in [5.41, 5.74) is 2.29. The monoisotopic (exact) mass is 324 g/mol. The van der Waals surface area contributed by atoms with Gasteiger partial charge < -0.3 is 9.64 Å². The van der Waals surface area contributed by atoms with Gasteiger partial charge in [0.1, 0.15) is 12.0 Å². The number of rotatable bonds is 2. The minimum atomic E-state index is -0.00926. The standard InChI is InChI=1S/C18H20N4O2/c23-18(21-7-6-15(12-21)16-10-19-20-11-16)22-8-9-24-17(13-22)14-4-2-1-3-5-14/h1-2,4,8-11,13,15H,3,5-7,12H2,(H,19,20). The van der Waals surface area contributed by atoms with Crippen LogP contribution in [-0.4, -0.2) is 39.1 Å². The smallest absolute Gasteiger partial charge is 0.328 e. The number of aromatic amines is 1. The summed E-state index contributed by atoms with van der Waals surface area (Å²) in [7, 11) is 0. The molecule has 0 radical (unpaired) electrons. The van der Waals surface area contributed by atoms with E-state index in [2.05, 4.69) is 16.3 Å². The molecule has 0 spiro atoms. The number of urea groups is 1. The molecular formula is C18H20N4O2. The molecule has 3 heterocycles. The topological polar surface area (TPSA) is 61.5 Å². The van der Waals surface area contributed by atoms with Gasteiger partial charge >= 0.3 is 6.03 Å². The van der Waals surface area contributed by atoms with Gasteiger partial charge in [-0.05, 0) is 30.4 Å². The maximum Gasteiger partial charge on any atom is 0.328 e. The Kier molecular flexibility index (Phi) is 3.94. The fourth-order valence-electron chi connectivity index (χ4n) is 3.31. The van der Waals surface area contributed by atoms with Crippen LogP contribution in [0.4, 0.5) is 4.79 Å². The van der Waals surface area contributed by atoms with Gasteiger partial charge in [-0.2, -0.15) is 5.10 Å². The normalized spacial score (nSPS) is 23.1. The van der Waals surface area contributed by atoms with Gasteiger partial charge in [0.05, 0.1) is 12.4 Å². The fraction of sp³-hybridized carbons (Fsp3) is 0.333. The summed E-state index contributed by atoms with van der Waals surface area (Å²) in [5, 5.41) is 6.84. The van der Waals surface area contributed by atoms with Crippen LogP contribution in [0.15, 0.2) is 60.6 Å². The molecule has 1 unspecified atom stereocenters. The lowest BCUT2D eigenvalue weighted by atomic mass is 10.0. The van der Waals surface area contributed by atoms with E-state index in [0.717, 1.165) is 49.2 Å². The summed E-state index contributed by atoms with van der Waals surface area (Å²) in [4.78, 5) is 16.3. The predicted molar refractivity (Wildman–Crippen MR) is 89.5 cm³/mol. The van der Waals surface area contributed by atoms with Gasteiger partial charge in [-0.25, -0.2) is 4.79 Å². The third-order valence-corrected chi connectivity index (χ3v) is 4.67. The van der Waals surface area contributed by atoms with Gasteiger partial charge in [-0.1, -0.05) is 18.2 Å². The number of hydrogen-bond acceptors (Lipinski definition) is 3. The molecule has 6 heteroatoms. The van der Waals surface area contributed by atoms with E-state index in [4.69, 9.17) is 4.74 Å². The van der Waals surface area contributed by atoms with Crippen LogP contribution in [0.25, 0.3) is 0 Å². The lowest BCUT2D eigenvalue weighted by Crippen LogP contribution is -2.37. The Balaban J connectivity index is 1.45. The zero-order chi connectivity index (χ0) is 16.4. The second-order valence-corrected chi connectivity index (χ2v) is 6.21. The molecule has 0 aromatic carbocycles. The van der Waals surface area contributed by atoms with Crippen LogP contribution in [0, 0.1) is 0 Å². The first-order chi connectivity index (χ1) is 11.8. The van der Waals surface area contributed by atoms with E-state index < -0.39 is 0 Å². The summed E-state index contributed by atoms with van der Waals surface area (Å²) in [5.74, 6) is 1.10. The average Bonchev–Trinajstić information content (AvgIpc) is 3.33. The van der Waals surface area contributed by atoms with Gasteiger partial charge in [0.25, 0.3) is 0 Å². The van der Waals surface area contributed by atoms with Crippen molar-refractivity contribution >= 4 is 6.03 Å². The lowest BCUT2D eigenvalue weighted by Gasteiger charge is -2.26. The zero-order valence-corrected chi connectivity index (χ0v) is 13.4. The van der Waals surface area contributed by atoms with Crippen molar-refractivity contribution in [3.8, 4) is 0 Å². The Morgan fingerprint density at radius 3 is 3.17 bits per heavy atom. The van der Waals surface area contributed by atoms with Crippen molar-refractivity contribution in [1.29, 1.82) is 0 Å². The average molecular weight is 324 g/mol. The number of nitrogens with zero attached hydrogens (tertiary/aromatic N) is 3. The lowest BCUT2D eigenvalue weighted by molar-refractivity contribution is 0.185. The molecule has 0 bridgehead atoms. The summed E-state index contributed by atoms with van der Waals surface area (Å²) in [6.45, 7) is 1.48. The minimum Gasteiger partial charge on any atom is -0.462 e. The number of H-pyrrole nitrogens is 1. The molecule has 2 aliphatic heterocycles. The van der Waals surface area contributed by atoms with Crippen LogP contribution in [0.1, 0.15) is 30.7 Å². The Labute approximate surface area is 140 Å². The van der Waals surface area contributed by atoms with Gasteiger partial charge in [-0.15, -0.1) is 0 Å². The van der Waals surface area contributed by atoms with E-state index in [0.29, 0.717) is 5.92 Å². The highest BCUT2D eigenvalue weighted by Crippen LogP contribution is 2.29. The van der Waals surface area contributed by atoms with Crippen LogP contribution in [-0.2, 0) is 4.74 Å². The molecule has 1 atom stereocenters. The molecule has 1 aromatic rings. The van der Waals surface area contributed by atoms with E-state index in [9.17, 15) is 4.79 Å². The molecule has 124 valence electrons. The number of nitrogens with one attached hydrogen (secondary N) is 1. The molecule has 1 saturated heterocycles. The third kappa shape index (κ3) is 2.87. The number of carbonyl (C=O) groups is 1. The van der Waals surface area contributed by atoms with E-state index in [-0.39, 0.29) is 6.03 Å². The summed E-state index contributed by atoms with van der Waals surface area (Å²) >= 11 is 0. The van der Waals surface area contributed by atoms with E-state index in [1.165, 1.54) is 0 Å². The summed E-state index contributed by atoms with van der Waals surface area (Å²) in [6, 6.07) is -0.00926. The highest BCUT2D eigenvalue weighted by molar-refractivity contribution is 5.77. The van der Waals surface area contributed by atoms with Crippen LogP contribution >= 0.6 is 0 Å². The van der Waals surface area contributed by atoms with E-state index in [1.807, 2.05) is 29.4 Å². The van der Waals surface area contributed by atoms with Crippen LogP contribution < -0.4 is 0 Å². The Morgan fingerprint density at radius 2 is 2.38 bits per heavy atom. The van der Waals surface area contributed by atoms with Crippen LogP contribution in [0.5, 0.6) is 0 Å². The second-order valence-electron chi connectivity index (χ2n) is 6.21. The fourth-order valence-corrected chi connectivity index (χ4v) is 3.31. The minimum absolute atomic E-state index is 0.00926. The summed E-state index contributed by atoms with van der Waals surface area (Å²) < 4.78 is 5.59. The maximum atomic E-state index is 12.8. The molecule has 4 rings (SSSR count).